The molecule has 136 valence electrons. The van der Waals surface area contributed by atoms with Crippen LogP contribution in [-0.4, -0.2) is 17.7 Å². The Hall–Kier alpha value is -3.63. The number of aliphatic hydroxyl groups excluding tert-OH is 1. The van der Waals surface area contributed by atoms with Gasteiger partial charge in [-0.2, -0.15) is 0 Å². The molecule has 0 aromatic heterocycles. The highest BCUT2D eigenvalue weighted by Crippen LogP contribution is 2.25. The lowest BCUT2D eigenvalue weighted by Gasteiger charge is -2.08. The molecule has 0 amide bonds. The van der Waals surface area contributed by atoms with E-state index in [2.05, 4.69) is 24.3 Å². The number of hydrogen-bond donors (Lipinski definition) is 1. The molecule has 0 aliphatic heterocycles. The molecule has 0 aliphatic carbocycles. The fourth-order valence-electron chi connectivity index (χ4n) is 2.14. The summed E-state index contributed by atoms with van der Waals surface area (Å²) in [6.45, 7) is 5.73. The molecule has 0 fully saturated rings. The van der Waals surface area contributed by atoms with Crippen molar-refractivity contribution >= 4 is 5.97 Å². The van der Waals surface area contributed by atoms with Crippen molar-refractivity contribution < 1.29 is 19.4 Å². The molecule has 0 saturated heterocycles. The molecule has 0 radical (unpaired) electrons. The van der Waals surface area contributed by atoms with Crippen LogP contribution in [-0.2, 0) is 4.79 Å². The number of ether oxygens (including phenoxy) is 2. The fraction of sp³-hybridized carbons (Fsp3) is 0.174. The number of unbranched alkanes of at least 4 members (excludes halogenated alkanes) is 1. The molecular formula is C23H20O4. The molecular weight excluding hydrogens is 340 g/mol. The van der Waals surface area contributed by atoms with E-state index in [9.17, 15) is 4.79 Å². The van der Waals surface area contributed by atoms with Crippen LogP contribution >= 0.6 is 0 Å². The van der Waals surface area contributed by atoms with Crippen LogP contribution in [0.5, 0.6) is 11.5 Å². The lowest BCUT2D eigenvalue weighted by molar-refractivity contribution is -0.130. The Morgan fingerprint density at radius 1 is 1.00 bits per heavy atom. The van der Waals surface area contributed by atoms with Gasteiger partial charge in [-0.15, -0.1) is 0 Å². The minimum Gasteiger partial charge on any atom is -0.494 e. The molecule has 27 heavy (non-hydrogen) atoms. The quantitative estimate of drug-likeness (QED) is 0.262. The summed E-state index contributed by atoms with van der Waals surface area (Å²) in [6.07, 6.45) is 3.18. The standard InChI is InChI=1S/C23H20O4/c1-18(2)23(25)27-22-14-10-20(11-15-22)19-8-12-21(13-9-19)26-17-7-5-3-4-6-16-24/h8-15,24H,1,5,7,17H2,2H3. The molecule has 4 heteroatoms. The third-order valence-corrected chi connectivity index (χ3v) is 3.52. The predicted molar refractivity (Wildman–Crippen MR) is 105 cm³/mol. The predicted octanol–water partition coefficient (Wildman–Crippen LogP) is 4.33. The van der Waals surface area contributed by atoms with E-state index in [1.807, 2.05) is 36.4 Å². The van der Waals surface area contributed by atoms with Gasteiger partial charge in [0.25, 0.3) is 0 Å². The van der Waals surface area contributed by atoms with Crippen molar-refractivity contribution in [2.24, 2.45) is 0 Å². The minimum absolute atomic E-state index is 0.362. The van der Waals surface area contributed by atoms with Crippen molar-refractivity contribution in [2.75, 3.05) is 6.61 Å². The Bertz CT molecular complexity index is 901. The monoisotopic (exact) mass is 360 g/mol. The summed E-state index contributed by atoms with van der Waals surface area (Å²) in [7, 11) is 0. The van der Waals surface area contributed by atoms with Crippen LogP contribution in [0.3, 0.4) is 0 Å². The maximum Gasteiger partial charge on any atom is 0.338 e. The Morgan fingerprint density at radius 3 is 2.15 bits per heavy atom. The SMILES string of the molecule is C=C(C)C(=O)Oc1ccc(-c2ccc(OCCCC#CC#CO)cc2)cc1. The minimum atomic E-state index is -0.434. The number of benzene rings is 2. The van der Waals surface area contributed by atoms with Gasteiger partial charge in [-0.1, -0.05) is 36.8 Å². The first-order valence-electron chi connectivity index (χ1n) is 8.43. The van der Waals surface area contributed by atoms with E-state index < -0.39 is 5.97 Å². The summed E-state index contributed by atoms with van der Waals surface area (Å²) < 4.78 is 10.9. The average Bonchev–Trinajstić information content (AvgIpc) is 2.68. The summed E-state index contributed by atoms with van der Waals surface area (Å²) in [5, 5.41) is 8.28. The van der Waals surface area contributed by atoms with Gasteiger partial charge in [-0.05, 0) is 54.7 Å². The number of carbonyl (C=O) groups excluding carboxylic acids is 1. The van der Waals surface area contributed by atoms with E-state index >= 15 is 0 Å². The summed E-state index contributed by atoms with van der Waals surface area (Å²) in [5.74, 6) is 8.47. The number of esters is 1. The molecule has 0 unspecified atom stereocenters. The maximum atomic E-state index is 11.5. The van der Waals surface area contributed by atoms with E-state index in [-0.39, 0.29) is 0 Å². The second-order valence-electron chi connectivity index (χ2n) is 5.71. The third kappa shape index (κ3) is 6.65. The zero-order chi connectivity index (χ0) is 19.5. The summed E-state index contributed by atoms with van der Waals surface area (Å²) in [6, 6.07) is 15.1. The molecule has 1 N–H and O–H groups in total. The maximum absolute atomic E-state index is 11.5. The molecule has 0 atom stereocenters. The Morgan fingerprint density at radius 2 is 1.59 bits per heavy atom. The van der Waals surface area contributed by atoms with Crippen molar-refractivity contribution in [3.63, 3.8) is 0 Å². The number of carbonyl (C=O) groups is 1. The van der Waals surface area contributed by atoms with Gasteiger partial charge < -0.3 is 14.6 Å². The molecule has 2 rings (SSSR count). The van der Waals surface area contributed by atoms with E-state index in [0.29, 0.717) is 24.4 Å². The Kier molecular flexibility index (Phi) is 7.57. The van der Waals surface area contributed by atoms with E-state index in [0.717, 1.165) is 23.3 Å². The van der Waals surface area contributed by atoms with Gasteiger partial charge in [0.1, 0.15) is 17.6 Å². The van der Waals surface area contributed by atoms with Gasteiger partial charge in [-0.3, -0.25) is 0 Å². The van der Waals surface area contributed by atoms with Crippen molar-refractivity contribution in [3.8, 4) is 46.5 Å². The highest BCUT2D eigenvalue weighted by molar-refractivity contribution is 5.88. The summed E-state index contributed by atoms with van der Waals surface area (Å²) in [5.41, 5.74) is 2.41. The smallest absolute Gasteiger partial charge is 0.338 e. The lowest BCUT2D eigenvalue weighted by atomic mass is 10.1. The van der Waals surface area contributed by atoms with Crippen LogP contribution in [0.25, 0.3) is 11.1 Å². The van der Waals surface area contributed by atoms with E-state index in [4.69, 9.17) is 14.6 Å². The zero-order valence-corrected chi connectivity index (χ0v) is 15.1. The second kappa shape index (κ2) is 10.4. The number of hydrogen-bond acceptors (Lipinski definition) is 4. The van der Waals surface area contributed by atoms with Crippen LogP contribution in [0.15, 0.2) is 60.7 Å². The van der Waals surface area contributed by atoms with Crippen LogP contribution in [0.1, 0.15) is 19.8 Å². The lowest BCUT2D eigenvalue weighted by Crippen LogP contribution is -2.07. The Labute approximate surface area is 159 Å². The van der Waals surface area contributed by atoms with Gasteiger partial charge in [0.05, 0.1) is 6.61 Å². The highest BCUT2D eigenvalue weighted by Gasteiger charge is 2.05. The first kappa shape index (κ1) is 19.7. The highest BCUT2D eigenvalue weighted by atomic mass is 16.5. The van der Waals surface area contributed by atoms with Crippen molar-refractivity contribution in [1.29, 1.82) is 0 Å². The molecule has 4 nitrogen and oxygen atoms in total. The molecule has 0 saturated carbocycles. The summed E-state index contributed by atoms with van der Waals surface area (Å²) >= 11 is 0. The van der Waals surface area contributed by atoms with Gasteiger partial charge in [-0.25, -0.2) is 4.79 Å². The number of rotatable bonds is 7. The molecule has 2 aromatic rings. The Balaban J connectivity index is 1.87. The zero-order valence-electron chi connectivity index (χ0n) is 15.1. The third-order valence-electron chi connectivity index (χ3n) is 3.52. The second-order valence-corrected chi connectivity index (χ2v) is 5.71. The average molecular weight is 360 g/mol. The van der Waals surface area contributed by atoms with Crippen molar-refractivity contribution in [3.05, 3.63) is 60.7 Å². The van der Waals surface area contributed by atoms with Crippen LogP contribution < -0.4 is 9.47 Å². The molecule has 2 aromatic carbocycles. The molecule has 0 spiro atoms. The van der Waals surface area contributed by atoms with E-state index in [1.165, 1.54) is 0 Å². The topological polar surface area (TPSA) is 55.8 Å². The van der Waals surface area contributed by atoms with Gasteiger partial charge in [0.15, 0.2) is 0 Å². The first-order valence-corrected chi connectivity index (χ1v) is 8.43. The van der Waals surface area contributed by atoms with Gasteiger partial charge in [0.2, 0.25) is 0 Å². The van der Waals surface area contributed by atoms with Gasteiger partial charge in [0, 0.05) is 17.9 Å². The van der Waals surface area contributed by atoms with E-state index in [1.54, 1.807) is 25.2 Å². The molecule has 0 aliphatic rings. The fourth-order valence-corrected chi connectivity index (χ4v) is 2.14. The first-order chi connectivity index (χ1) is 13.1. The largest absolute Gasteiger partial charge is 0.494 e. The van der Waals surface area contributed by atoms with Crippen molar-refractivity contribution in [2.45, 2.75) is 19.8 Å². The van der Waals surface area contributed by atoms with Gasteiger partial charge >= 0.3 is 5.97 Å². The van der Waals surface area contributed by atoms with Crippen LogP contribution in [0.4, 0.5) is 0 Å². The van der Waals surface area contributed by atoms with Crippen LogP contribution in [0.2, 0.25) is 0 Å². The summed E-state index contributed by atoms with van der Waals surface area (Å²) in [4.78, 5) is 11.5. The van der Waals surface area contributed by atoms with Crippen LogP contribution in [0, 0.1) is 23.9 Å². The molecule has 0 bridgehead atoms. The molecule has 0 heterocycles. The van der Waals surface area contributed by atoms with Crippen molar-refractivity contribution in [1.82, 2.24) is 0 Å². The normalized spacial score (nSPS) is 9.22. The number of aliphatic hydroxyl groups is 1.